The zero-order valence-electron chi connectivity index (χ0n) is 15.8. The number of methoxy groups -OCH3 is 1. The molecule has 1 aromatic rings. The van der Waals surface area contributed by atoms with Gasteiger partial charge in [-0.05, 0) is 45.2 Å². The molecule has 1 aliphatic rings. The van der Waals surface area contributed by atoms with Crippen LogP contribution in [0.25, 0.3) is 0 Å². The smallest absolute Gasteiger partial charge is 0.213 e. The molecule has 1 aliphatic heterocycles. The molecular formula is C18H32IN5O. The van der Waals surface area contributed by atoms with Crippen LogP contribution in [-0.2, 0) is 6.54 Å². The largest absolute Gasteiger partial charge is 0.481 e. The van der Waals surface area contributed by atoms with Gasteiger partial charge in [0.05, 0.1) is 13.7 Å². The Labute approximate surface area is 168 Å². The number of hydrogen-bond acceptors (Lipinski definition) is 4. The standard InChI is InChI=1S/C18H31N5O.HI/c1-5-19-18(21-13-15-6-9-20-17(12-15)24-4)22-16-7-10-23(11-8-16)14(2)3;/h6,9,12,14,16H,5,7-8,10-11,13H2,1-4H3,(H2,19,21,22);1H. The van der Waals surface area contributed by atoms with E-state index in [0.717, 1.165) is 44.0 Å². The van der Waals surface area contributed by atoms with Crippen molar-refractivity contribution in [3.8, 4) is 5.88 Å². The van der Waals surface area contributed by atoms with Gasteiger partial charge in [-0.3, -0.25) is 0 Å². The molecule has 0 atom stereocenters. The third-order valence-electron chi connectivity index (χ3n) is 4.37. The van der Waals surface area contributed by atoms with Crippen LogP contribution in [0, 0.1) is 0 Å². The fraction of sp³-hybridized carbons (Fsp3) is 0.667. The molecule has 7 heteroatoms. The Kier molecular flexibility index (Phi) is 10.1. The summed E-state index contributed by atoms with van der Waals surface area (Å²) in [5.41, 5.74) is 1.09. The molecule has 0 radical (unpaired) electrons. The number of rotatable bonds is 6. The van der Waals surface area contributed by atoms with Crippen LogP contribution in [0.5, 0.6) is 5.88 Å². The highest BCUT2D eigenvalue weighted by Gasteiger charge is 2.21. The van der Waals surface area contributed by atoms with E-state index in [4.69, 9.17) is 9.73 Å². The number of piperidine rings is 1. The Morgan fingerprint density at radius 1 is 1.40 bits per heavy atom. The van der Waals surface area contributed by atoms with Gasteiger partial charge in [0.15, 0.2) is 5.96 Å². The fourth-order valence-electron chi connectivity index (χ4n) is 2.90. The van der Waals surface area contributed by atoms with Gasteiger partial charge in [-0.15, -0.1) is 24.0 Å². The number of likely N-dealkylation sites (tertiary alicyclic amines) is 1. The molecule has 0 bridgehead atoms. The second kappa shape index (κ2) is 11.5. The second-order valence-corrected chi connectivity index (χ2v) is 6.45. The number of pyridine rings is 1. The molecule has 2 rings (SSSR count). The van der Waals surface area contributed by atoms with Gasteiger partial charge in [-0.2, -0.15) is 0 Å². The lowest BCUT2D eigenvalue weighted by atomic mass is 10.0. The van der Waals surface area contributed by atoms with Crippen molar-refractivity contribution in [3.05, 3.63) is 23.9 Å². The van der Waals surface area contributed by atoms with Gasteiger partial charge in [-0.1, -0.05) is 0 Å². The molecule has 0 spiro atoms. The summed E-state index contributed by atoms with van der Waals surface area (Å²) in [7, 11) is 1.63. The van der Waals surface area contributed by atoms with Crippen LogP contribution in [0.4, 0.5) is 0 Å². The first kappa shape index (κ1) is 22.0. The summed E-state index contributed by atoms with van der Waals surface area (Å²) in [6, 6.07) is 5.02. The van der Waals surface area contributed by atoms with E-state index in [1.54, 1.807) is 13.3 Å². The number of hydrogen-bond donors (Lipinski definition) is 2. The van der Waals surface area contributed by atoms with E-state index in [0.29, 0.717) is 24.5 Å². The maximum atomic E-state index is 5.16. The summed E-state index contributed by atoms with van der Waals surface area (Å²) in [5.74, 6) is 1.51. The highest BCUT2D eigenvalue weighted by Crippen LogP contribution is 2.13. The number of guanidine groups is 1. The molecule has 25 heavy (non-hydrogen) atoms. The van der Waals surface area contributed by atoms with Crippen molar-refractivity contribution >= 4 is 29.9 Å². The average molecular weight is 461 g/mol. The number of aliphatic imine (C=N–C) groups is 1. The predicted octanol–water partition coefficient (Wildman–Crippen LogP) is 2.64. The third kappa shape index (κ3) is 7.35. The average Bonchev–Trinajstić information content (AvgIpc) is 2.60. The number of aromatic nitrogens is 1. The van der Waals surface area contributed by atoms with Gasteiger partial charge >= 0.3 is 0 Å². The van der Waals surface area contributed by atoms with Crippen LogP contribution < -0.4 is 15.4 Å². The Bertz CT molecular complexity index is 530. The Morgan fingerprint density at radius 3 is 2.72 bits per heavy atom. The third-order valence-corrected chi connectivity index (χ3v) is 4.37. The van der Waals surface area contributed by atoms with Crippen LogP contribution in [0.15, 0.2) is 23.3 Å². The van der Waals surface area contributed by atoms with Crippen LogP contribution in [0.1, 0.15) is 39.2 Å². The second-order valence-electron chi connectivity index (χ2n) is 6.45. The minimum Gasteiger partial charge on any atom is -0.481 e. The molecular weight excluding hydrogens is 429 g/mol. The van der Waals surface area contributed by atoms with Gasteiger partial charge in [0, 0.05) is 44.0 Å². The molecule has 0 amide bonds. The first-order valence-corrected chi connectivity index (χ1v) is 8.90. The highest BCUT2D eigenvalue weighted by atomic mass is 127. The zero-order chi connectivity index (χ0) is 17.4. The van der Waals surface area contributed by atoms with Crippen molar-refractivity contribution in [2.45, 2.75) is 52.2 Å². The summed E-state index contributed by atoms with van der Waals surface area (Å²) >= 11 is 0. The number of nitrogens with one attached hydrogen (secondary N) is 2. The topological polar surface area (TPSA) is 61.8 Å². The molecule has 0 aliphatic carbocycles. The molecule has 1 fully saturated rings. The summed E-state index contributed by atoms with van der Waals surface area (Å²) in [4.78, 5) is 11.4. The minimum atomic E-state index is 0. The van der Waals surface area contributed by atoms with Crippen LogP contribution in [0.2, 0.25) is 0 Å². The van der Waals surface area contributed by atoms with Crippen molar-refractivity contribution in [2.75, 3.05) is 26.7 Å². The number of nitrogens with zero attached hydrogens (tertiary/aromatic N) is 3. The van der Waals surface area contributed by atoms with Crippen LogP contribution in [0.3, 0.4) is 0 Å². The van der Waals surface area contributed by atoms with E-state index in [-0.39, 0.29) is 24.0 Å². The van der Waals surface area contributed by atoms with Gasteiger partial charge in [-0.25, -0.2) is 9.98 Å². The minimum absolute atomic E-state index is 0. The first-order chi connectivity index (χ1) is 11.6. The van der Waals surface area contributed by atoms with E-state index in [9.17, 15) is 0 Å². The Hall–Kier alpha value is -1.09. The highest BCUT2D eigenvalue weighted by molar-refractivity contribution is 14.0. The van der Waals surface area contributed by atoms with Crippen LogP contribution in [-0.4, -0.2) is 54.7 Å². The van der Waals surface area contributed by atoms with Gasteiger partial charge in [0.2, 0.25) is 5.88 Å². The van der Waals surface area contributed by atoms with Crippen molar-refractivity contribution in [1.29, 1.82) is 0 Å². The zero-order valence-corrected chi connectivity index (χ0v) is 18.1. The Morgan fingerprint density at radius 2 is 2.12 bits per heavy atom. The van der Waals surface area contributed by atoms with E-state index in [1.165, 1.54) is 0 Å². The van der Waals surface area contributed by atoms with E-state index >= 15 is 0 Å². The van der Waals surface area contributed by atoms with Crippen LogP contribution >= 0.6 is 24.0 Å². The summed E-state index contributed by atoms with van der Waals surface area (Å²) in [6.07, 6.45) is 4.07. The molecule has 2 heterocycles. The molecule has 0 unspecified atom stereocenters. The van der Waals surface area contributed by atoms with E-state index < -0.39 is 0 Å². The van der Waals surface area contributed by atoms with Crippen molar-refractivity contribution in [1.82, 2.24) is 20.5 Å². The summed E-state index contributed by atoms with van der Waals surface area (Å²) in [5, 5.41) is 6.92. The molecule has 6 nitrogen and oxygen atoms in total. The van der Waals surface area contributed by atoms with Gasteiger partial charge in [0.25, 0.3) is 0 Å². The quantitative estimate of drug-likeness (QED) is 0.388. The molecule has 2 N–H and O–H groups in total. The lowest BCUT2D eigenvalue weighted by Gasteiger charge is -2.35. The normalized spacial score (nSPS) is 16.4. The monoisotopic (exact) mass is 461 g/mol. The SMILES string of the molecule is CCNC(=NCc1ccnc(OC)c1)NC1CCN(C(C)C)CC1.I. The van der Waals surface area contributed by atoms with E-state index in [2.05, 4.69) is 41.3 Å². The van der Waals surface area contributed by atoms with E-state index in [1.807, 2.05) is 12.1 Å². The Balaban J connectivity index is 0.00000312. The fourth-order valence-corrected chi connectivity index (χ4v) is 2.90. The summed E-state index contributed by atoms with van der Waals surface area (Å²) < 4.78 is 5.16. The predicted molar refractivity (Wildman–Crippen MR) is 114 cm³/mol. The molecule has 1 saturated heterocycles. The number of ether oxygens (including phenoxy) is 1. The molecule has 142 valence electrons. The molecule has 0 saturated carbocycles. The first-order valence-electron chi connectivity index (χ1n) is 8.90. The van der Waals surface area contributed by atoms with Gasteiger partial charge < -0.3 is 20.3 Å². The van der Waals surface area contributed by atoms with Crippen molar-refractivity contribution in [2.24, 2.45) is 4.99 Å². The lowest BCUT2D eigenvalue weighted by Crippen LogP contribution is -2.49. The lowest BCUT2D eigenvalue weighted by molar-refractivity contribution is 0.167. The maximum Gasteiger partial charge on any atom is 0.213 e. The maximum absolute atomic E-state index is 5.16. The summed E-state index contributed by atoms with van der Waals surface area (Å²) in [6.45, 7) is 10.4. The van der Waals surface area contributed by atoms with Crippen molar-refractivity contribution in [3.63, 3.8) is 0 Å². The van der Waals surface area contributed by atoms with Crippen molar-refractivity contribution < 1.29 is 4.74 Å². The number of halogens is 1. The van der Waals surface area contributed by atoms with Gasteiger partial charge in [0.1, 0.15) is 0 Å². The molecule has 0 aromatic carbocycles. The molecule has 1 aromatic heterocycles.